The van der Waals surface area contributed by atoms with Crippen molar-refractivity contribution >= 4 is 33.5 Å². The van der Waals surface area contributed by atoms with E-state index in [1.54, 1.807) is 0 Å². The zero-order valence-electron chi connectivity index (χ0n) is 13.4. The van der Waals surface area contributed by atoms with Gasteiger partial charge in [-0.1, -0.05) is 41.1 Å². The third-order valence-electron chi connectivity index (χ3n) is 3.49. The highest BCUT2D eigenvalue weighted by Crippen LogP contribution is 2.21. The summed E-state index contributed by atoms with van der Waals surface area (Å²) in [7, 11) is 0. The molecule has 6 heteroatoms. The number of anilines is 1. The summed E-state index contributed by atoms with van der Waals surface area (Å²) in [5.74, 6) is -2.05. The van der Waals surface area contributed by atoms with E-state index < -0.39 is 24.3 Å². The van der Waals surface area contributed by atoms with Crippen LogP contribution in [0.4, 0.5) is 10.1 Å². The van der Waals surface area contributed by atoms with Crippen molar-refractivity contribution in [3.8, 4) is 0 Å². The van der Waals surface area contributed by atoms with Gasteiger partial charge in [0.25, 0.3) is 5.91 Å². The topological polar surface area (TPSA) is 55.4 Å². The maximum atomic E-state index is 13.7. The molecule has 0 aliphatic rings. The van der Waals surface area contributed by atoms with Gasteiger partial charge in [0.15, 0.2) is 6.61 Å². The highest BCUT2D eigenvalue weighted by Gasteiger charge is 2.16. The minimum Gasteiger partial charge on any atom is -0.452 e. The number of para-hydroxylation sites is 1. The Kier molecular flexibility index (Phi) is 6.09. The number of halogens is 2. The maximum Gasteiger partial charge on any atom is 0.341 e. The van der Waals surface area contributed by atoms with E-state index in [1.165, 1.54) is 12.1 Å². The second kappa shape index (κ2) is 8.06. The predicted molar refractivity (Wildman–Crippen MR) is 93.6 cm³/mol. The first kappa shape index (κ1) is 18.1. The van der Waals surface area contributed by atoms with Crippen molar-refractivity contribution in [3.05, 3.63) is 63.4 Å². The summed E-state index contributed by atoms with van der Waals surface area (Å²) < 4.78 is 19.1. The second-order valence-electron chi connectivity index (χ2n) is 5.21. The van der Waals surface area contributed by atoms with Gasteiger partial charge in [-0.05, 0) is 42.7 Å². The summed E-state index contributed by atoms with van der Waals surface area (Å²) >= 11 is 3.11. The Balaban J connectivity index is 2.00. The molecule has 24 heavy (non-hydrogen) atoms. The molecule has 0 heterocycles. The maximum absolute atomic E-state index is 13.7. The minimum atomic E-state index is -0.879. The largest absolute Gasteiger partial charge is 0.452 e. The standard InChI is InChI=1S/C18H17BrFNO3/c1-3-12-6-4-5-11(2)17(12)21-16(22)10-24-18(23)14-8-7-13(19)9-15(14)20/h4-9H,3,10H2,1-2H3,(H,21,22). The fourth-order valence-corrected chi connectivity index (χ4v) is 2.57. The van der Waals surface area contributed by atoms with Crippen molar-refractivity contribution in [2.45, 2.75) is 20.3 Å². The molecule has 2 rings (SSSR count). The third kappa shape index (κ3) is 4.41. The van der Waals surface area contributed by atoms with Gasteiger partial charge in [0.05, 0.1) is 5.56 Å². The summed E-state index contributed by atoms with van der Waals surface area (Å²) in [6.45, 7) is 3.39. The number of ether oxygens (including phenoxy) is 1. The first-order chi connectivity index (χ1) is 11.4. The van der Waals surface area contributed by atoms with Crippen molar-refractivity contribution < 1.29 is 18.7 Å². The SMILES string of the molecule is CCc1cccc(C)c1NC(=O)COC(=O)c1ccc(Br)cc1F. The quantitative estimate of drug-likeness (QED) is 0.772. The van der Waals surface area contributed by atoms with Gasteiger partial charge in [0, 0.05) is 10.2 Å². The average Bonchev–Trinajstić information content (AvgIpc) is 2.54. The monoisotopic (exact) mass is 393 g/mol. The molecule has 0 spiro atoms. The lowest BCUT2D eigenvalue weighted by Crippen LogP contribution is -2.22. The molecule has 1 N–H and O–H groups in total. The summed E-state index contributed by atoms with van der Waals surface area (Å²) in [4.78, 5) is 23.9. The number of aryl methyl sites for hydroxylation is 2. The molecule has 0 unspecified atom stereocenters. The number of amides is 1. The number of nitrogens with one attached hydrogen (secondary N) is 1. The van der Waals surface area contributed by atoms with Crippen molar-refractivity contribution in [2.75, 3.05) is 11.9 Å². The van der Waals surface area contributed by atoms with E-state index in [4.69, 9.17) is 4.74 Å². The van der Waals surface area contributed by atoms with Crippen LogP contribution in [0.2, 0.25) is 0 Å². The van der Waals surface area contributed by atoms with Gasteiger partial charge in [0.2, 0.25) is 0 Å². The van der Waals surface area contributed by atoms with Crippen molar-refractivity contribution in [3.63, 3.8) is 0 Å². The van der Waals surface area contributed by atoms with Crippen LogP contribution < -0.4 is 5.32 Å². The molecular weight excluding hydrogens is 377 g/mol. The molecule has 0 aromatic heterocycles. The summed E-state index contributed by atoms with van der Waals surface area (Å²) in [5.41, 5.74) is 2.42. The molecule has 126 valence electrons. The lowest BCUT2D eigenvalue weighted by atomic mass is 10.1. The number of esters is 1. The van der Waals surface area contributed by atoms with E-state index in [0.29, 0.717) is 4.47 Å². The van der Waals surface area contributed by atoms with Gasteiger partial charge < -0.3 is 10.1 Å². The number of benzene rings is 2. The third-order valence-corrected chi connectivity index (χ3v) is 3.98. The summed E-state index contributed by atoms with van der Waals surface area (Å²) in [6, 6.07) is 9.72. The molecule has 0 aliphatic carbocycles. The molecule has 0 bridgehead atoms. The van der Waals surface area contributed by atoms with Crippen LogP contribution in [-0.4, -0.2) is 18.5 Å². The lowest BCUT2D eigenvalue weighted by molar-refractivity contribution is -0.119. The average molecular weight is 394 g/mol. The number of carbonyl (C=O) groups is 2. The van der Waals surface area contributed by atoms with E-state index >= 15 is 0 Å². The molecular formula is C18H17BrFNO3. The normalized spacial score (nSPS) is 10.3. The molecule has 0 aliphatic heterocycles. The molecule has 2 aromatic carbocycles. The fourth-order valence-electron chi connectivity index (χ4n) is 2.24. The van der Waals surface area contributed by atoms with E-state index in [0.717, 1.165) is 29.3 Å². The Morgan fingerprint density at radius 2 is 2.00 bits per heavy atom. The van der Waals surface area contributed by atoms with Gasteiger partial charge >= 0.3 is 5.97 Å². The number of rotatable bonds is 5. The first-order valence-electron chi connectivity index (χ1n) is 7.43. The van der Waals surface area contributed by atoms with Crippen LogP contribution in [0.1, 0.15) is 28.4 Å². The smallest absolute Gasteiger partial charge is 0.341 e. The zero-order chi connectivity index (χ0) is 17.7. The van der Waals surface area contributed by atoms with Crippen LogP contribution in [0.5, 0.6) is 0 Å². The lowest BCUT2D eigenvalue weighted by Gasteiger charge is -2.13. The molecule has 4 nitrogen and oxygen atoms in total. The Bertz CT molecular complexity index is 777. The van der Waals surface area contributed by atoms with Crippen molar-refractivity contribution in [2.24, 2.45) is 0 Å². The molecule has 1 amide bonds. The molecule has 0 atom stereocenters. The molecule has 2 aromatic rings. The second-order valence-corrected chi connectivity index (χ2v) is 6.13. The van der Waals surface area contributed by atoms with E-state index in [1.807, 2.05) is 32.0 Å². The number of hydrogen-bond acceptors (Lipinski definition) is 3. The minimum absolute atomic E-state index is 0.212. The zero-order valence-corrected chi connectivity index (χ0v) is 14.9. The predicted octanol–water partition coefficient (Wildman–Crippen LogP) is 4.25. The fraction of sp³-hybridized carbons (Fsp3) is 0.222. The Labute approximate surface area is 148 Å². The highest BCUT2D eigenvalue weighted by molar-refractivity contribution is 9.10. The van der Waals surface area contributed by atoms with E-state index in [-0.39, 0.29) is 5.56 Å². The van der Waals surface area contributed by atoms with Gasteiger partial charge in [-0.15, -0.1) is 0 Å². The van der Waals surface area contributed by atoms with Crippen LogP contribution in [0.25, 0.3) is 0 Å². The molecule has 0 saturated carbocycles. The number of carbonyl (C=O) groups excluding carboxylic acids is 2. The van der Waals surface area contributed by atoms with Gasteiger partial charge in [-0.3, -0.25) is 4.79 Å². The van der Waals surface area contributed by atoms with Crippen LogP contribution in [0.15, 0.2) is 40.9 Å². The number of hydrogen-bond donors (Lipinski definition) is 1. The highest BCUT2D eigenvalue weighted by atomic mass is 79.9. The van der Waals surface area contributed by atoms with E-state index in [2.05, 4.69) is 21.2 Å². The van der Waals surface area contributed by atoms with Crippen LogP contribution in [-0.2, 0) is 16.0 Å². The summed E-state index contributed by atoms with van der Waals surface area (Å²) in [6.07, 6.45) is 0.765. The van der Waals surface area contributed by atoms with Crippen LogP contribution in [0.3, 0.4) is 0 Å². The summed E-state index contributed by atoms with van der Waals surface area (Å²) in [5, 5.41) is 2.74. The first-order valence-corrected chi connectivity index (χ1v) is 8.22. The van der Waals surface area contributed by atoms with Gasteiger partial charge in [-0.25, -0.2) is 9.18 Å². The molecule has 0 fully saturated rings. The van der Waals surface area contributed by atoms with Gasteiger partial charge in [0.1, 0.15) is 5.82 Å². The molecule has 0 saturated heterocycles. The van der Waals surface area contributed by atoms with Crippen LogP contribution >= 0.6 is 15.9 Å². The Morgan fingerprint density at radius 3 is 2.67 bits per heavy atom. The van der Waals surface area contributed by atoms with Crippen LogP contribution in [0, 0.1) is 12.7 Å². The Morgan fingerprint density at radius 1 is 1.25 bits per heavy atom. The van der Waals surface area contributed by atoms with Crippen molar-refractivity contribution in [1.29, 1.82) is 0 Å². The molecule has 0 radical (unpaired) electrons. The van der Waals surface area contributed by atoms with Crippen molar-refractivity contribution in [1.82, 2.24) is 0 Å². The van der Waals surface area contributed by atoms with E-state index in [9.17, 15) is 14.0 Å². The Hall–Kier alpha value is -2.21. The van der Waals surface area contributed by atoms with Gasteiger partial charge in [-0.2, -0.15) is 0 Å².